The minimum atomic E-state index is -0.857. The monoisotopic (exact) mass is 383 g/mol. The fraction of sp³-hybridized carbons (Fsp3) is 0.778. The number of hydrogen-bond acceptors (Lipinski definition) is 6. The molecule has 1 aliphatic rings. The van der Waals surface area contributed by atoms with Crippen LogP contribution in [0.3, 0.4) is 0 Å². The van der Waals surface area contributed by atoms with Gasteiger partial charge in [-0.1, -0.05) is 6.92 Å². The lowest BCUT2D eigenvalue weighted by Gasteiger charge is -2.33. The maximum Gasteiger partial charge on any atom is 0.191 e. The Kier molecular flexibility index (Phi) is 8.77. The predicted molar refractivity (Wildman–Crippen MR) is 107 cm³/mol. The highest BCUT2D eigenvalue weighted by molar-refractivity contribution is 7.09. The van der Waals surface area contributed by atoms with E-state index in [4.69, 9.17) is 4.74 Å². The first-order valence-corrected chi connectivity index (χ1v) is 10.4. The van der Waals surface area contributed by atoms with Gasteiger partial charge in [0.25, 0.3) is 0 Å². The molecule has 1 aliphatic heterocycles. The van der Waals surface area contributed by atoms with E-state index in [1.165, 1.54) is 5.01 Å². The molecule has 8 heteroatoms. The van der Waals surface area contributed by atoms with Crippen LogP contribution in [-0.2, 0) is 17.6 Å². The molecular weight excluding hydrogens is 350 g/mol. The minimum absolute atomic E-state index is 0.358. The first kappa shape index (κ1) is 21.1. The van der Waals surface area contributed by atoms with Crippen LogP contribution in [0.15, 0.2) is 10.4 Å². The maximum absolute atomic E-state index is 10.7. The highest BCUT2D eigenvalue weighted by Gasteiger charge is 2.25. The van der Waals surface area contributed by atoms with E-state index in [1.54, 1.807) is 11.3 Å². The molecule has 3 N–H and O–H groups in total. The van der Waals surface area contributed by atoms with Gasteiger partial charge in [-0.3, -0.25) is 9.89 Å². The van der Waals surface area contributed by atoms with Crippen molar-refractivity contribution in [3.05, 3.63) is 16.1 Å². The summed E-state index contributed by atoms with van der Waals surface area (Å²) in [5, 5.41) is 20.5. The zero-order chi connectivity index (χ0) is 18.8. The van der Waals surface area contributed by atoms with E-state index in [9.17, 15) is 5.11 Å². The van der Waals surface area contributed by atoms with Crippen molar-refractivity contribution in [3.8, 4) is 0 Å². The van der Waals surface area contributed by atoms with Gasteiger partial charge in [-0.15, -0.1) is 11.3 Å². The van der Waals surface area contributed by atoms with Gasteiger partial charge in [0.05, 0.1) is 36.1 Å². The molecule has 0 spiro atoms. The second-order valence-electron chi connectivity index (χ2n) is 6.84. The Morgan fingerprint density at radius 1 is 1.38 bits per heavy atom. The van der Waals surface area contributed by atoms with E-state index in [-0.39, 0.29) is 0 Å². The molecule has 1 fully saturated rings. The lowest BCUT2D eigenvalue weighted by Crippen LogP contribution is -2.48. The summed E-state index contributed by atoms with van der Waals surface area (Å²) in [4.78, 5) is 11.4. The smallest absolute Gasteiger partial charge is 0.191 e. The molecule has 1 aromatic rings. The standard InChI is InChI=1S/C18H33N5O2S/c1-4-16-22-15(12-26-16)6-7-20-17(19-5-2)21-13-18(3,24)14-23-8-10-25-11-9-23/h12,24H,4-11,13-14H2,1-3H3,(H2,19,20,21). The summed E-state index contributed by atoms with van der Waals surface area (Å²) < 4.78 is 5.36. The van der Waals surface area contributed by atoms with Crippen molar-refractivity contribution in [1.82, 2.24) is 20.5 Å². The number of nitrogens with zero attached hydrogens (tertiary/aromatic N) is 3. The van der Waals surface area contributed by atoms with Crippen molar-refractivity contribution in [2.75, 3.05) is 52.5 Å². The van der Waals surface area contributed by atoms with Crippen molar-refractivity contribution in [2.45, 2.75) is 39.2 Å². The van der Waals surface area contributed by atoms with E-state index in [1.807, 2.05) is 13.8 Å². The zero-order valence-electron chi connectivity index (χ0n) is 16.3. The molecule has 0 aliphatic carbocycles. The Labute approximate surface area is 160 Å². The molecule has 1 atom stereocenters. The summed E-state index contributed by atoms with van der Waals surface area (Å²) in [5.74, 6) is 0.737. The predicted octanol–water partition coefficient (Wildman–Crippen LogP) is 0.886. The number of hydrogen-bond donors (Lipinski definition) is 3. The summed E-state index contributed by atoms with van der Waals surface area (Å²) in [7, 11) is 0. The molecule has 0 radical (unpaired) electrons. The van der Waals surface area contributed by atoms with Crippen molar-refractivity contribution >= 4 is 17.3 Å². The van der Waals surface area contributed by atoms with Crippen LogP contribution in [-0.4, -0.2) is 79.0 Å². The quantitative estimate of drug-likeness (QED) is 0.434. The van der Waals surface area contributed by atoms with Gasteiger partial charge in [0.2, 0.25) is 0 Å². The van der Waals surface area contributed by atoms with Crippen LogP contribution in [0, 0.1) is 0 Å². The van der Waals surface area contributed by atoms with E-state index >= 15 is 0 Å². The third-order valence-electron chi connectivity index (χ3n) is 4.17. The maximum atomic E-state index is 10.7. The number of aromatic nitrogens is 1. The number of nitrogens with one attached hydrogen (secondary N) is 2. The lowest BCUT2D eigenvalue weighted by atomic mass is 10.1. The normalized spacial score (nSPS) is 18.5. The molecule has 1 unspecified atom stereocenters. The van der Waals surface area contributed by atoms with E-state index in [0.29, 0.717) is 13.1 Å². The van der Waals surface area contributed by atoms with Gasteiger partial charge in [-0.25, -0.2) is 4.98 Å². The first-order chi connectivity index (χ1) is 12.5. The molecule has 148 valence electrons. The van der Waals surface area contributed by atoms with Gasteiger partial charge < -0.3 is 20.5 Å². The first-order valence-electron chi connectivity index (χ1n) is 9.50. The van der Waals surface area contributed by atoms with Crippen LogP contribution in [0.1, 0.15) is 31.5 Å². The molecule has 7 nitrogen and oxygen atoms in total. The fourth-order valence-electron chi connectivity index (χ4n) is 2.82. The van der Waals surface area contributed by atoms with Gasteiger partial charge in [0, 0.05) is 44.5 Å². The van der Waals surface area contributed by atoms with Crippen molar-refractivity contribution < 1.29 is 9.84 Å². The van der Waals surface area contributed by atoms with Gasteiger partial charge in [0.15, 0.2) is 5.96 Å². The SMILES string of the molecule is CCNC(=NCC(C)(O)CN1CCOCC1)NCCc1csc(CC)n1. The summed E-state index contributed by atoms with van der Waals surface area (Å²) in [6.07, 6.45) is 1.85. The van der Waals surface area contributed by atoms with Gasteiger partial charge in [-0.2, -0.15) is 0 Å². The summed E-state index contributed by atoms with van der Waals surface area (Å²) in [6, 6.07) is 0. The van der Waals surface area contributed by atoms with Crippen LogP contribution in [0.2, 0.25) is 0 Å². The van der Waals surface area contributed by atoms with Crippen LogP contribution in [0.5, 0.6) is 0 Å². The number of β-amino-alcohol motifs (C(OH)–C–C–N with tert-alkyl or cyclic N) is 1. The topological polar surface area (TPSA) is 82.0 Å². The number of aliphatic imine (C=N–C) groups is 1. The molecule has 2 rings (SSSR count). The van der Waals surface area contributed by atoms with Gasteiger partial charge in [0.1, 0.15) is 0 Å². The molecule has 0 aromatic carbocycles. The Hall–Kier alpha value is -1.22. The van der Waals surface area contributed by atoms with Crippen LogP contribution < -0.4 is 10.6 Å². The Bertz CT molecular complexity index is 556. The van der Waals surface area contributed by atoms with Crippen molar-refractivity contribution in [1.29, 1.82) is 0 Å². The average molecular weight is 384 g/mol. The number of thiazole rings is 1. The molecule has 1 aromatic heterocycles. The van der Waals surface area contributed by atoms with Crippen LogP contribution in [0.25, 0.3) is 0 Å². The third kappa shape index (κ3) is 7.57. The van der Waals surface area contributed by atoms with Gasteiger partial charge >= 0.3 is 0 Å². The Balaban J connectivity index is 1.80. The number of aryl methyl sites for hydroxylation is 1. The lowest BCUT2D eigenvalue weighted by molar-refractivity contribution is -0.0179. The number of ether oxygens (including phenoxy) is 1. The minimum Gasteiger partial charge on any atom is -0.387 e. The van der Waals surface area contributed by atoms with E-state index in [2.05, 4.69) is 37.8 Å². The van der Waals surface area contributed by atoms with Crippen LogP contribution in [0.4, 0.5) is 0 Å². The molecule has 1 saturated heterocycles. The number of aliphatic hydroxyl groups is 1. The summed E-state index contributed by atoms with van der Waals surface area (Å²) >= 11 is 1.72. The molecular formula is C18H33N5O2S. The number of guanidine groups is 1. The van der Waals surface area contributed by atoms with E-state index in [0.717, 1.165) is 63.9 Å². The second kappa shape index (κ2) is 10.8. The third-order valence-corrected chi connectivity index (χ3v) is 5.21. The number of morpholine rings is 1. The molecule has 0 amide bonds. The molecule has 26 heavy (non-hydrogen) atoms. The Morgan fingerprint density at radius 3 is 2.81 bits per heavy atom. The second-order valence-corrected chi connectivity index (χ2v) is 7.79. The van der Waals surface area contributed by atoms with Crippen molar-refractivity contribution in [3.63, 3.8) is 0 Å². The zero-order valence-corrected chi connectivity index (χ0v) is 17.1. The largest absolute Gasteiger partial charge is 0.387 e. The molecule has 0 saturated carbocycles. The van der Waals surface area contributed by atoms with Crippen LogP contribution >= 0.6 is 11.3 Å². The number of rotatable bonds is 9. The molecule has 2 heterocycles. The van der Waals surface area contributed by atoms with Gasteiger partial charge in [-0.05, 0) is 20.3 Å². The molecule has 0 bridgehead atoms. The fourth-order valence-corrected chi connectivity index (χ4v) is 3.60. The van der Waals surface area contributed by atoms with Crippen molar-refractivity contribution in [2.24, 2.45) is 4.99 Å². The highest BCUT2D eigenvalue weighted by atomic mass is 32.1. The Morgan fingerprint density at radius 2 is 2.15 bits per heavy atom. The average Bonchev–Trinajstić information content (AvgIpc) is 3.08. The van der Waals surface area contributed by atoms with E-state index < -0.39 is 5.60 Å². The highest BCUT2D eigenvalue weighted by Crippen LogP contribution is 2.11. The summed E-state index contributed by atoms with van der Waals surface area (Å²) in [5.41, 5.74) is 0.263. The summed E-state index contributed by atoms with van der Waals surface area (Å²) in [6.45, 7) is 11.7.